The van der Waals surface area contributed by atoms with Gasteiger partial charge in [0.1, 0.15) is 0 Å². The van der Waals surface area contributed by atoms with E-state index in [1.807, 2.05) is 0 Å². The lowest BCUT2D eigenvalue weighted by atomic mass is 9.83. The maximum Gasteiger partial charge on any atom is -0.0175 e. The predicted molar refractivity (Wildman–Crippen MR) is 57.5 cm³/mol. The molecule has 0 spiro atoms. The highest BCUT2D eigenvalue weighted by Crippen LogP contribution is 2.47. The number of hydrogen-bond donors (Lipinski definition) is 0. The van der Waals surface area contributed by atoms with Crippen molar-refractivity contribution >= 4 is 0 Å². The van der Waals surface area contributed by atoms with Gasteiger partial charge in [-0.25, -0.2) is 0 Å². The Balaban J connectivity index is 2.32. The summed E-state index contributed by atoms with van der Waals surface area (Å²) in [5.74, 6) is 3.76. The van der Waals surface area contributed by atoms with Crippen LogP contribution in [0.25, 0.3) is 0 Å². The van der Waals surface area contributed by atoms with Gasteiger partial charge in [-0.05, 0) is 56.8 Å². The van der Waals surface area contributed by atoms with Crippen molar-refractivity contribution in [3.63, 3.8) is 0 Å². The molecule has 0 aromatic carbocycles. The van der Waals surface area contributed by atoms with Crippen LogP contribution < -0.4 is 0 Å². The molecule has 0 heteroatoms. The second-order valence-corrected chi connectivity index (χ2v) is 5.42. The van der Waals surface area contributed by atoms with E-state index >= 15 is 0 Å². The summed E-state index contributed by atoms with van der Waals surface area (Å²) in [5, 5.41) is 0. The van der Waals surface area contributed by atoms with Crippen LogP contribution in [0.5, 0.6) is 0 Å². The van der Waals surface area contributed by atoms with E-state index in [9.17, 15) is 0 Å². The quantitative estimate of drug-likeness (QED) is 0.491. The lowest BCUT2D eigenvalue weighted by molar-refractivity contribution is 0.415. The minimum Gasteiger partial charge on any atom is -0.0713 e. The summed E-state index contributed by atoms with van der Waals surface area (Å²) in [6, 6.07) is 0. The molecule has 0 radical (unpaired) electrons. The van der Waals surface area contributed by atoms with Crippen molar-refractivity contribution in [3.8, 4) is 0 Å². The molecule has 0 amide bonds. The van der Waals surface area contributed by atoms with Crippen LogP contribution in [0.2, 0.25) is 0 Å². The summed E-state index contributed by atoms with van der Waals surface area (Å²) < 4.78 is 0. The van der Waals surface area contributed by atoms with Crippen molar-refractivity contribution in [2.75, 3.05) is 0 Å². The predicted octanol–water partition coefficient (Wildman–Crippen LogP) is 4.02. The molecule has 0 N–H and O–H groups in total. The van der Waals surface area contributed by atoms with Gasteiger partial charge in [-0.2, -0.15) is 0 Å². The van der Waals surface area contributed by atoms with Crippen molar-refractivity contribution in [1.29, 1.82) is 0 Å². The molecule has 2 rings (SSSR count). The molecule has 0 saturated heterocycles. The van der Waals surface area contributed by atoms with Crippen LogP contribution in [-0.4, -0.2) is 0 Å². The van der Waals surface area contributed by atoms with E-state index in [0.717, 1.165) is 23.7 Å². The Morgan fingerprint density at radius 2 is 1.62 bits per heavy atom. The fourth-order valence-electron chi connectivity index (χ4n) is 3.53. The van der Waals surface area contributed by atoms with E-state index in [1.165, 1.54) is 19.3 Å². The van der Waals surface area contributed by atoms with Crippen LogP contribution in [0.4, 0.5) is 0 Å². The summed E-state index contributed by atoms with van der Waals surface area (Å²) in [4.78, 5) is 0. The van der Waals surface area contributed by atoms with Crippen LogP contribution in [0.15, 0.2) is 11.1 Å². The third-order valence-corrected chi connectivity index (χ3v) is 4.58. The highest BCUT2D eigenvalue weighted by molar-refractivity contribution is 5.20. The minimum atomic E-state index is 0.850. The molecular formula is C13H22. The van der Waals surface area contributed by atoms with Crippen molar-refractivity contribution in [1.82, 2.24) is 0 Å². The number of fused-ring (bicyclic) bond motifs is 2. The molecule has 0 aromatic heterocycles. The van der Waals surface area contributed by atoms with Crippen LogP contribution >= 0.6 is 0 Å². The van der Waals surface area contributed by atoms with Crippen LogP contribution in [0.1, 0.15) is 47.0 Å². The van der Waals surface area contributed by atoms with Gasteiger partial charge in [-0.15, -0.1) is 0 Å². The Labute approximate surface area is 82.4 Å². The molecule has 4 atom stereocenters. The van der Waals surface area contributed by atoms with E-state index in [4.69, 9.17) is 0 Å². The first-order chi connectivity index (χ1) is 6.09. The summed E-state index contributed by atoms with van der Waals surface area (Å²) in [5.41, 5.74) is 3.42. The Morgan fingerprint density at radius 3 is 2.31 bits per heavy atom. The Kier molecular flexibility index (Phi) is 2.25. The minimum absolute atomic E-state index is 0.850. The summed E-state index contributed by atoms with van der Waals surface area (Å²) in [7, 11) is 0. The van der Waals surface area contributed by atoms with Gasteiger partial charge in [0.2, 0.25) is 0 Å². The molecule has 0 aliphatic heterocycles. The molecule has 2 bridgehead atoms. The van der Waals surface area contributed by atoms with Gasteiger partial charge in [-0.3, -0.25) is 0 Å². The summed E-state index contributed by atoms with van der Waals surface area (Å²) in [6.45, 7) is 9.58. The first kappa shape index (κ1) is 9.30. The zero-order chi connectivity index (χ0) is 9.59. The third-order valence-electron chi connectivity index (χ3n) is 4.58. The van der Waals surface area contributed by atoms with E-state index in [2.05, 4.69) is 27.7 Å². The van der Waals surface area contributed by atoms with E-state index in [0.29, 0.717) is 0 Å². The first-order valence-corrected chi connectivity index (χ1v) is 5.76. The normalized spacial score (nSPS) is 45.2. The second kappa shape index (κ2) is 3.15. The molecule has 0 aromatic rings. The first-order valence-electron chi connectivity index (χ1n) is 5.76. The summed E-state index contributed by atoms with van der Waals surface area (Å²) in [6.07, 6.45) is 4.42. The fourth-order valence-corrected chi connectivity index (χ4v) is 3.53. The number of hydrogen-bond acceptors (Lipinski definition) is 0. The molecule has 2 aliphatic rings. The van der Waals surface area contributed by atoms with Crippen molar-refractivity contribution in [3.05, 3.63) is 11.1 Å². The van der Waals surface area contributed by atoms with Gasteiger partial charge in [-0.1, -0.05) is 25.0 Å². The lowest BCUT2D eigenvalue weighted by Gasteiger charge is -2.22. The van der Waals surface area contributed by atoms with Crippen molar-refractivity contribution in [2.24, 2.45) is 23.7 Å². The molecule has 1 fully saturated rings. The van der Waals surface area contributed by atoms with E-state index < -0.39 is 0 Å². The largest absolute Gasteiger partial charge is 0.0713 e. The molecule has 74 valence electrons. The topological polar surface area (TPSA) is 0 Å². The van der Waals surface area contributed by atoms with Gasteiger partial charge in [0.15, 0.2) is 0 Å². The van der Waals surface area contributed by atoms with Gasteiger partial charge < -0.3 is 0 Å². The zero-order valence-electron chi connectivity index (χ0n) is 9.43. The molecule has 0 nitrogen and oxygen atoms in total. The molecule has 2 aliphatic carbocycles. The number of allylic oxidation sites excluding steroid dienone is 2. The molecular weight excluding hydrogens is 156 g/mol. The van der Waals surface area contributed by atoms with Crippen molar-refractivity contribution < 1.29 is 0 Å². The fraction of sp³-hybridized carbons (Fsp3) is 0.846. The monoisotopic (exact) mass is 178 g/mol. The van der Waals surface area contributed by atoms with Crippen LogP contribution in [-0.2, 0) is 0 Å². The Morgan fingerprint density at radius 1 is 0.923 bits per heavy atom. The smallest absolute Gasteiger partial charge is 0.0175 e. The molecule has 13 heavy (non-hydrogen) atoms. The lowest BCUT2D eigenvalue weighted by Crippen LogP contribution is -2.10. The zero-order valence-corrected chi connectivity index (χ0v) is 9.43. The van der Waals surface area contributed by atoms with Gasteiger partial charge in [0.25, 0.3) is 0 Å². The highest BCUT2D eigenvalue weighted by Gasteiger charge is 2.36. The van der Waals surface area contributed by atoms with E-state index in [1.54, 1.807) is 11.1 Å². The third kappa shape index (κ3) is 1.45. The van der Waals surface area contributed by atoms with Gasteiger partial charge in [0, 0.05) is 0 Å². The van der Waals surface area contributed by atoms with Gasteiger partial charge >= 0.3 is 0 Å². The maximum absolute atomic E-state index is 2.44. The summed E-state index contributed by atoms with van der Waals surface area (Å²) >= 11 is 0. The van der Waals surface area contributed by atoms with Crippen LogP contribution in [0.3, 0.4) is 0 Å². The van der Waals surface area contributed by atoms with Gasteiger partial charge in [0.05, 0.1) is 0 Å². The molecule has 1 saturated carbocycles. The van der Waals surface area contributed by atoms with E-state index in [-0.39, 0.29) is 0 Å². The standard InChI is InChI=1S/C13H22/c1-8-5-12-6-9(2)13(7-12)11(4)10(8)3/h8-9,12-13H,5-7H2,1-4H3. The molecule has 4 unspecified atom stereocenters. The number of rotatable bonds is 0. The van der Waals surface area contributed by atoms with Crippen molar-refractivity contribution in [2.45, 2.75) is 47.0 Å². The van der Waals surface area contributed by atoms with Crippen LogP contribution in [0, 0.1) is 23.7 Å². The SMILES string of the molecule is CC1=C(C)C2CC(CC1C)CC2C. The Hall–Kier alpha value is -0.260. The average molecular weight is 178 g/mol. The highest BCUT2D eigenvalue weighted by atomic mass is 14.4. The maximum atomic E-state index is 2.44. The average Bonchev–Trinajstić information content (AvgIpc) is 2.39. The molecule has 0 heterocycles. The second-order valence-electron chi connectivity index (χ2n) is 5.42. The Bertz CT molecular complexity index is 234.